The predicted octanol–water partition coefficient (Wildman–Crippen LogP) is 7.52. The molecule has 0 saturated carbocycles. The molecule has 0 aliphatic carbocycles. The fourth-order valence-electron chi connectivity index (χ4n) is 4.93. The molecular weight excluding hydrogens is 446 g/mol. The molecule has 0 heterocycles. The summed E-state index contributed by atoms with van der Waals surface area (Å²) in [5.41, 5.74) is 0. The van der Waals surface area contributed by atoms with Gasteiger partial charge in [0.05, 0.1) is 20.1 Å². The van der Waals surface area contributed by atoms with E-state index in [1.165, 1.54) is 122 Å². The van der Waals surface area contributed by atoms with Crippen molar-refractivity contribution in [2.45, 2.75) is 148 Å². The van der Waals surface area contributed by atoms with Gasteiger partial charge in [0.25, 0.3) is 10.1 Å². The maximum absolute atomic E-state index is 11.0. The van der Waals surface area contributed by atoms with Gasteiger partial charge in [-0.05, 0) is 19.8 Å². The molecule has 0 amide bonds. The van der Waals surface area contributed by atoms with Gasteiger partial charge in [-0.2, -0.15) is 8.42 Å². The molecule has 5 nitrogen and oxygen atoms in total. The summed E-state index contributed by atoms with van der Waals surface area (Å²) in [6.07, 6.45) is 26.4. The average molecular weight is 507 g/mol. The van der Waals surface area contributed by atoms with E-state index in [1.54, 1.807) is 0 Å². The van der Waals surface area contributed by atoms with Crippen LogP contribution in [0.4, 0.5) is 0 Å². The third-order valence-electron chi connectivity index (χ3n) is 7.37. The van der Waals surface area contributed by atoms with Crippen LogP contribution >= 0.6 is 0 Å². The van der Waals surface area contributed by atoms with E-state index in [2.05, 4.69) is 20.9 Å². The maximum atomic E-state index is 11.0. The summed E-state index contributed by atoms with van der Waals surface area (Å²) in [7, 11) is -2.06. The largest absolute Gasteiger partial charge is 0.386 e. The van der Waals surface area contributed by atoms with E-state index in [0.29, 0.717) is 11.0 Å². The van der Waals surface area contributed by atoms with Gasteiger partial charge in [0.15, 0.2) is 0 Å². The number of rotatable bonds is 26. The Hall–Kier alpha value is -0.170. The minimum Gasteiger partial charge on any atom is -0.386 e. The summed E-state index contributed by atoms with van der Waals surface area (Å²) in [5, 5.41) is 9.96. The molecule has 0 fully saturated rings. The Morgan fingerprint density at radius 2 is 0.941 bits per heavy atom. The number of quaternary nitrogens is 1. The molecular formula is C28H60NO4S+. The molecule has 0 aromatic heterocycles. The van der Waals surface area contributed by atoms with E-state index in [1.807, 2.05) is 0 Å². The van der Waals surface area contributed by atoms with Crippen LogP contribution in [0.15, 0.2) is 0 Å². The minimum atomic E-state index is -4.12. The Bertz CT molecular complexity index is 541. The van der Waals surface area contributed by atoms with Crippen molar-refractivity contribution < 1.29 is 22.6 Å². The van der Waals surface area contributed by atoms with Gasteiger partial charge < -0.3 is 9.59 Å². The molecule has 206 valence electrons. The van der Waals surface area contributed by atoms with Crippen LogP contribution in [0.25, 0.3) is 0 Å². The Kier molecular flexibility index (Phi) is 21.9. The zero-order valence-corrected chi connectivity index (χ0v) is 23.9. The first-order valence-corrected chi connectivity index (χ1v) is 16.3. The molecule has 2 atom stereocenters. The number of nitrogens with zero attached hydrogens (tertiary/aromatic N) is 1. The Labute approximate surface area is 213 Å². The van der Waals surface area contributed by atoms with Gasteiger partial charge in [-0.25, -0.2) is 0 Å². The van der Waals surface area contributed by atoms with E-state index in [9.17, 15) is 13.5 Å². The molecule has 2 N–H and O–H groups in total. The molecule has 0 spiro atoms. The summed E-state index contributed by atoms with van der Waals surface area (Å²) in [6, 6.07) is 0. The lowest BCUT2D eigenvalue weighted by atomic mass is 10.0. The van der Waals surface area contributed by atoms with E-state index in [0.717, 1.165) is 19.5 Å². The molecule has 0 aliphatic rings. The molecule has 0 aromatic rings. The van der Waals surface area contributed by atoms with Crippen LogP contribution in [0.1, 0.15) is 142 Å². The predicted molar refractivity (Wildman–Crippen MR) is 147 cm³/mol. The fourth-order valence-corrected chi connectivity index (χ4v) is 5.52. The molecule has 0 bridgehead atoms. The number of aliphatic hydroxyl groups excluding tert-OH is 1. The Balaban J connectivity index is 3.44. The zero-order valence-electron chi connectivity index (χ0n) is 23.1. The molecule has 0 aromatic carbocycles. The number of hydrogen-bond donors (Lipinski definition) is 2. The van der Waals surface area contributed by atoms with Crippen LogP contribution in [0, 0.1) is 0 Å². The molecule has 0 saturated heterocycles. The normalized spacial score (nSPS) is 14.9. The van der Waals surface area contributed by atoms with Crippen molar-refractivity contribution in [2.24, 2.45) is 0 Å². The second-order valence-corrected chi connectivity index (χ2v) is 12.5. The van der Waals surface area contributed by atoms with Gasteiger partial charge in [-0.3, -0.25) is 4.55 Å². The summed E-state index contributed by atoms with van der Waals surface area (Å²) in [6.45, 7) is 6.51. The molecule has 0 radical (unpaired) electrons. The van der Waals surface area contributed by atoms with Crippen LogP contribution in [-0.4, -0.2) is 61.1 Å². The van der Waals surface area contributed by atoms with Gasteiger partial charge in [-0.1, -0.05) is 122 Å². The monoisotopic (exact) mass is 506 g/mol. The van der Waals surface area contributed by atoms with E-state index in [4.69, 9.17) is 4.55 Å². The van der Waals surface area contributed by atoms with Gasteiger partial charge in [0.2, 0.25) is 0 Å². The lowest BCUT2D eigenvalue weighted by Crippen LogP contribution is -2.50. The van der Waals surface area contributed by atoms with Crippen LogP contribution < -0.4 is 0 Å². The third kappa shape index (κ3) is 23.6. The smallest absolute Gasteiger partial charge is 0.267 e. The van der Waals surface area contributed by atoms with Crippen molar-refractivity contribution in [3.8, 4) is 0 Å². The van der Waals surface area contributed by atoms with Crippen molar-refractivity contribution in [1.29, 1.82) is 0 Å². The first kappa shape index (κ1) is 33.8. The quantitative estimate of drug-likeness (QED) is 0.0722. The molecule has 6 heteroatoms. The number of unbranched alkanes of at least 4 members (excludes halogenated alkanes) is 19. The zero-order chi connectivity index (χ0) is 25.5. The fraction of sp³-hybridized carbons (Fsp3) is 1.00. The minimum absolute atomic E-state index is 0.370. The maximum Gasteiger partial charge on any atom is 0.267 e. The topological polar surface area (TPSA) is 74.6 Å². The highest BCUT2D eigenvalue weighted by atomic mass is 32.2. The number of aliphatic hydroxyl groups is 1. The van der Waals surface area contributed by atoms with Crippen molar-refractivity contribution in [3.63, 3.8) is 0 Å². The van der Waals surface area contributed by atoms with Gasteiger partial charge in [-0.15, -0.1) is 0 Å². The lowest BCUT2D eigenvalue weighted by molar-refractivity contribution is -0.910. The van der Waals surface area contributed by atoms with E-state index < -0.39 is 22.0 Å². The SMILES string of the molecule is CCCCCCCCCCCCCCCCCCCCCC[N+](C)(CC)CC(O)CS(=O)(=O)O. The molecule has 0 aliphatic heterocycles. The number of likely N-dealkylation sites (N-methyl/N-ethyl adjacent to an activating group) is 1. The van der Waals surface area contributed by atoms with Crippen LogP contribution in [0.2, 0.25) is 0 Å². The Morgan fingerprint density at radius 1 is 0.618 bits per heavy atom. The standard InChI is InChI=1S/C28H59NO4S/c1-4-6-7-8-9-10-11-12-13-14-15-16-17-18-19-20-21-22-23-24-25-29(3,5-2)26-28(30)27-34(31,32)33/h28,30H,4-27H2,1-3H3/p+1. The average Bonchev–Trinajstić information content (AvgIpc) is 2.76. The lowest BCUT2D eigenvalue weighted by Gasteiger charge is -2.35. The van der Waals surface area contributed by atoms with Crippen molar-refractivity contribution in [2.75, 3.05) is 32.4 Å². The summed E-state index contributed by atoms with van der Waals surface area (Å²) >= 11 is 0. The van der Waals surface area contributed by atoms with Gasteiger partial charge in [0.1, 0.15) is 18.4 Å². The van der Waals surface area contributed by atoms with Crippen molar-refractivity contribution in [3.05, 3.63) is 0 Å². The van der Waals surface area contributed by atoms with Crippen molar-refractivity contribution in [1.82, 2.24) is 0 Å². The highest BCUT2D eigenvalue weighted by Gasteiger charge is 2.26. The third-order valence-corrected chi connectivity index (χ3v) is 8.18. The summed E-state index contributed by atoms with van der Waals surface area (Å²) in [4.78, 5) is 0. The van der Waals surface area contributed by atoms with E-state index in [-0.39, 0.29) is 0 Å². The second kappa shape index (κ2) is 22.1. The molecule has 34 heavy (non-hydrogen) atoms. The summed E-state index contributed by atoms with van der Waals surface area (Å²) in [5.74, 6) is -0.569. The van der Waals surface area contributed by atoms with Gasteiger partial charge in [0, 0.05) is 0 Å². The first-order valence-electron chi connectivity index (χ1n) is 14.7. The highest BCUT2D eigenvalue weighted by molar-refractivity contribution is 7.85. The van der Waals surface area contributed by atoms with Crippen LogP contribution in [0.3, 0.4) is 0 Å². The highest BCUT2D eigenvalue weighted by Crippen LogP contribution is 2.15. The molecule has 0 rings (SSSR count). The molecule has 2 unspecified atom stereocenters. The summed E-state index contributed by atoms with van der Waals surface area (Å²) < 4.78 is 31.5. The second-order valence-electron chi connectivity index (χ2n) is 11.0. The van der Waals surface area contributed by atoms with Crippen molar-refractivity contribution >= 4 is 10.1 Å². The first-order chi connectivity index (χ1) is 16.2. The van der Waals surface area contributed by atoms with Crippen LogP contribution in [-0.2, 0) is 10.1 Å². The Morgan fingerprint density at radius 3 is 1.24 bits per heavy atom. The van der Waals surface area contributed by atoms with E-state index >= 15 is 0 Å². The van der Waals surface area contributed by atoms with Gasteiger partial charge >= 0.3 is 0 Å². The van der Waals surface area contributed by atoms with Crippen LogP contribution in [0.5, 0.6) is 0 Å². The number of hydrogen-bond acceptors (Lipinski definition) is 3.